The van der Waals surface area contributed by atoms with Gasteiger partial charge in [0.15, 0.2) is 15.8 Å². The van der Waals surface area contributed by atoms with Crippen LogP contribution in [0, 0.1) is 3.57 Å². The molecule has 0 N–H and O–H groups in total. The van der Waals surface area contributed by atoms with Gasteiger partial charge in [-0.2, -0.15) is 0 Å². The van der Waals surface area contributed by atoms with Gasteiger partial charge in [-0.1, -0.05) is 30.0 Å². The Morgan fingerprint density at radius 1 is 1.32 bits per heavy atom. The minimum Gasteiger partial charge on any atom is -0.492 e. The summed E-state index contributed by atoms with van der Waals surface area (Å²) in [5, 5.41) is 0. The SMILES string of the molecule is CCOc1cc(/C=C2/SC(=S)N(c3cccc(SC)c3)C2=O)cc(I)c1OC. The van der Waals surface area contributed by atoms with Crippen LogP contribution in [0.25, 0.3) is 6.08 Å². The number of nitrogens with zero attached hydrogens (tertiary/aromatic N) is 1. The smallest absolute Gasteiger partial charge is 0.270 e. The van der Waals surface area contributed by atoms with Crippen molar-refractivity contribution in [1.82, 2.24) is 0 Å². The molecule has 0 saturated carbocycles. The van der Waals surface area contributed by atoms with Gasteiger partial charge in [0.05, 0.1) is 27.9 Å². The lowest BCUT2D eigenvalue weighted by molar-refractivity contribution is -0.113. The molecule has 146 valence electrons. The third kappa shape index (κ3) is 4.50. The molecule has 4 nitrogen and oxygen atoms in total. The average molecular weight is 543 g/mol. The molecule has 1 amide bonds. The normalized spacial score (nSPS) is 15.4. The largest absolute Gasteiger partial charge is 0.492 e. The number of carbonyl (C=O) groups excluding carboxylic acids is 1. The molecule has 1 aliphatic rings. The van der Waals surface area contributed by atoms with E-state index in [1.165, 1.54) is 11.8 Å². The number of methoxy groups -OCH3 is 1. The van der Waals surface area contributed by atoms with E-state index in [9.17, 15) is 4.79 Å². The highest BCUT2D eigenvalue weighted by Gasteiger charge is 2.33. The zero-order chi connectivity index (χ0) is 20.3. The minimum absolute atomic E-state index is 0.114. The molecular formula is C20H18INO3S3. The van der Waals surface area contributed by atoms with Gasteiger partial charge < -0.3 is 9.47 Å². The lowest BCUT2D eigenvalue weighted by Gasteiger charge is -2.15. The van der Waals surface area contributed by atoms with E-state index < -0.39 is 0 Å². The Labute approximate surface area is 192 Å². The van der Waals surface area contributed by atoms with Gasteiger partial charge in [-0.05, 0) is 77.7 Å². The summed E-state index contributed by atoms with van der Waals surface area (Å²) in [6.07, 6.45) is 3.85. The third-order valence-electron chi connectivity index (χ3n) is 3.94. The van der Waals surface area contributed by atoms with Crippen molar-refractivity contribution in [2.24, 2.45) is 0 Å². The highest BCUT2D eigenvalue weighted by molar-refractivity contribution is 14.1. The standard InChI is InChI=1S/C20H18INO3S3/c1-4-25-16-9-12(8-15(21)18(16)24-2)10-17-19(23)22(20(26)28-17)13-6-5-7-14(11-13)27-3/h5-11H,4H2,1-3H3/b17-10+. The number of thioether (sulfide) groups is 2. The predicted octanol–water partition coefficient (Wildman–Crippen LogP) is 5.83. The van der Waals surface area contributed by atoms with E-state index in [2.05, 4.69) is 22.6 Å². The molecule has 2 aromatic rings. The quantitative estimate of drug-likeness (QED) is 0.198. The number of benzene rings is 2. The number of rotatable bonds is 6. The maximum absolute atomic E-state index is 13.0. The number of hydrogen-bond acceptors (Lipinski definition) is 6. The molecule has 28 heavy (non-hydrogen) atoms. The summed E-state index contributed by atoms with van der Waals surface area (Å²) in [5.74, 6) is 1.24. The number of hydrogen-bond donors (Lipinski definition) is 0. The van der Waals surface area contributed by atoms with Crippen molar-refractivity contribution in [3.8, 4) is 11.5 Å². The van der Waals surface area contributed by atoms with Crippen molar-refractivity contribution in [2.45, 2.75) is 11.8 Å². The van der Waals surface area contributed by atoms with E-state index in [1.54, 1.807) is 23.8 Å². The number of thiocarbonyl (C=S) groups is 1. The summed E-state index contributed by atoms with van der Waals surface area (Å²) < 4.78 is 12.6. The average Bonchev–Trinajstić information content (AvgIpc) is 2.95. The van der Waals surface area contributed by atoms with Crippen LogP contribution in [-0.2, 0) is 4.79 Å². The van der Waals surface area contributed by atoms with Gasteiger partial charge in [0.1, 0.15) is 0 Å². The molecule has 8 heteroatoms. The molecule has 3 rings (SSSR count). The number of carbonyl (C=O) groups is 1. The summed E-state index contributed by atoms with van der Waals surface area (Å²) in [5.41, 5.74) is 1.66. The Balaban J connectivity index is 1.95. The molecule has 0 radical (unpaired) electrons. The van der Waals surface area contributed by atoms with E-state index >= 15 is 0 Å². The topological polar surface area (TPSA) is 38.8 Å². The van der Waals surface area contributed by atoms with Gasteiger partial charge in [-0.3, -0.25) is 9.69 Å². The zero-order valence-corrected chi connectivity index (χ0v) is 20.1. The molecule has 2 aromatic carbocycles. The number of anilines is 1. The maximum Gasteiger partial charge on any atom is 0.270 e. The Kier molecular flexibility index (Phi) is 7.30. The summed E-state index contributed by atoms with van der Waals surface area (Å²) in [4.78, 5) is 16.3. The van der Waals surface area contributed by atoms with Crippen LogP contribution in [0.5, 0.6) is 11.5 Å². The fraction of sp³-hybridized carbons (Fsp3) is 0.200. The van der Waals surface area contributed by atoms with Crippen LogP contribution < -0.4 is 14.4 Å². The maximum atomic E-state index is 13.0. The molecule has 1 aliphatic heterocycles. The molecule has 1 fully saturated rings. The minimum atomic E-state index is -0.114. The van der Waals surface area contributed by atoms with E-state index in [1.807, 2.05) is 55.7 Å². The zero-order valence-electron chi connectivity index (χ0n) is 15.5. The highest BCUT2D eigenvalue weighted by atomic mass is 127. The molecular weight excluding hydrogens is 525 g/mol. The molecule has 1 heterocycles. The number of ether oxygens (including phenoxy) is 2. The summed E-state index contributed by atoms with van der Waals surface area (Å²) in [6.45, 7) is 2.45. The fourth-order valence-corrected chi connectivity index (χ4v) is 5.32. The molecule has 0 atom stereocenters. The number of halogens is 1. The predicted molar refractivity (Wildman–Crippen MR) is 131 cm³/mol. The summed E-state index contributed by atoms with van der Waals surface area (Å²) in [6, 6.07) is 11.7. The van der Waals surface area contributed by atoms with E-state index in [0.29, 0.717) is 27.3 Å². The van der Waals surface area contributed by atoms with Crippen molar-refractivity contribution in [1.29, 1.82) is 0 Å². The van der Waals surface area contributed by atoms with Gasteiger partial charge in [-0.15, -0.1) is 11.8 Å². The Morgan fingerprint density at radius 2 is 2.11 bits per heavy atom. The van der Waals surface area contributed by atoms with Gasteiger partial charge in [0.2, 0.25) is 0 Å². The van der Waals surface area contributed by atoms with E-state index in [4.69, 9.17) is 21.7 Å². The van der Waals surface area contributed by atoms with Gasteiger partial charge >= 0.3 is 0 Å². The lowest BCUT2D eigenvalue weighted by atomic mass is 10.1. The van der Waals surface area contributed by atoms with Crippen LogP contribution in [0.15, 0.2) is 46.2 Å². The van der Waals surface area contributed by atoms with Crippen molar-refractivity contribution < 1.29 is 14.3 Å². The first-order valence-corrected chi connectivity index (χ1v) is 11.9. The summed E-state index contributed by atoms with van der Waals surface area (Å²) in [7, 11) is 1.62. The Hall–Kier alpha value is -1.23. The monoisotopic (exact) mass is 543 g/mol. The lowest BCUT2D eigenvalue weighted by Crippen LogP contribution is -2.27. The first-order valence-electron chi connectivity index (χ1n) is 8.40. The highest BCUT2D eigenvalue weighted by Crippen LogP contribution is 2.39. The molecule has 0 unspecified atom stereocenters. The molecule has 1 saturated heterocycles. The van der Waals surface area contributed by atoms with E-state index in [0.717, 1.165) is 19.7 Å². The molecule has 0 aromatic heterocycles. The van der Waals surface area contributed by atoms with Crippen LogP contribution in [0.3, 0.4) is 0 Å². The van der Waals surface area contributed by atoms with Crippen molar-refractivity contribution >= 4 is 80.3 Å². The second-order valence-electron chi connectivity index (χ2n) is 5.69. The Morgan fingerprint density at radius 3 is 2.79 bits per heavy atom. The van der Waals surface area contributed by atoms with Gasteiger partial charge in [-0.25, -0.2) is 0 Å². The first kappa shape index (κ1) is 21.5. The molecule has 0 spiro atoms. The third-order valence-corrected chi connectivity index (χ3v) is 6.77. The molecule has 0 aliphatic carbocycles. The van der Waals surface area contributed by atoms with Crippen LogP contribution >= 0.6 is 58.3 Å². The fourth-order valence-electron chi connectivity index (χ4n) is 2.72. The Bertz CT molecular complexity index is 962. The van der Waals surface area contributed by atoms with E-state index in [-0.39, 0.29) is 5.91 Å². The molecule has 0 bridgehead atoms. The van der Waals surface area contributed by atoms with Crippen LogP contribution in [-0.4, -0.2) is 30.2 Å². The van der Waals surface area contributed by atoms with Crippen LogP contribution in [0.1, 0.15) is 12.5 Å². The van der Waals surface area contributed by atoms with Gasteiger partial charge in [0, 0.05) is 4.90 Å². The first-order chi connectivity index (χ1) is 13.5. The second-order valence-corrected chi connectivity index (χ2v) is 9.40. The van der Waals surface area contributed by atoms with Crippen molar-refractivity contribution in [3.63, 3.8) is 0 Å². The van der Waals surface area contributed by atoms with Crippen LogP contribution in [0.2, 0.25) is 0 Å². The van der Waals surface area contributed by atoms with Crippen molar-refractivity contribution in [2.75, 3.05) is 24.9 Å². The van der Waals surface area contributed by atoms with Gasteiger partial charge in [0.25, 0.3) is 5.91 Å². The van der Waals surface area contributed by atoms with Crippen molar-refractivity contribution in [3.05, 3.63) is 50.4 Å². The van der Waals surface area contributed by atoms with Crippen LogP contribution in [0.4, 0.5) is 5.69 Å². The summed E-state index contributed by atoms with van der Waals surface area (Å²) >= 11 is 10.6. The number of amides is 1. The second kappa shape index (κ2) is 9.51.